The molecule has 0 spiro atoms. The summed E-state index contributed by atoms with van der Waals surface area (Å²) in [6.45, 7) is 9.87. The van der Waals surface area contributed by atoms with E-state index in [-0.39, 0.29) is 0 Å². The first-order valence-corrected chi connectivity index (χ1v) is 7.60. The van der Waals surface area contributed by atoms with E-state index in [4.69, 9.17) is 4.74 Å². The van der Waals surface area contributed by atoms with E-state index in [2.05, 4.69) is 31.1 Å². The standard InChI is InChI=1S/C15H30N2O/c1-13(2)9-16-10-15(7-4-8-18-12-15)11-17(3)14-5-6-14/h13-14,16H,4-12H2,1-3H3. The van der Waals surface area contributed by atoms with Gasteiger partial charge in [0.15, 0.2) is 0 Å². The minimum absolute atomic E-state index is 0.352. The third kappa shape index (κ3) is 4.22. The van der Waals surface area contributed by atoms with Crippen molar-refractivity contribution in [2.24, 2.45) is 11.3 Å². The van der Waals surface area contributed by atoms with Gasteiger partial charge in [-0.1, -0.05) is 13.8 Å². The average molecular weight is 254 g/mol. The molecule has 2 aliphatic rings. The van der Waals surface area contributed by atoms with Gasteiger partial charge in [0.25, 0.3) is 0 Å². The number of ether oxygens (including phenoxy) is 1. The van der Waals surface area contributed by atoms with Crippen LogP contribution >= 0.6 is 0 Å². The monoisotopic (exact) mass is 254 g/mol. The molecule has 1 aliphatic heterocycles. The van der Waals surface area contributed by atoms with Gasteiger partial charge in [-0.3, -0.25) is 0 Å². The fourth-order valence-electron chi connectivity index (χ4n) is 3.03. The van der Waals surface area contributed by atoms with Gasteiger partial charge >= 0.3 is 0 Å². The predicted octanol–water partition coefficient (Wildman–Crippen LogP) is 2.12. The van der Waals surface area contributed by atoms with Crippen LogP contribution in [-0.2, 0) is 4.74 Å². The van der Waals surface area contributed by atoms with E-state index in [0.29, 0.717) is 5.41 Å². The molecule has 106 valence electrons. The highest BCUT2D eigenvalue weighted by atomic mass is 16.5. The van der Waals surface area contributed by atoms with E-state index in [1.54, 1.807) is 0 Å². The molecule has 2 fully saturated rings. The topological polar surface area (TPSA) is 24.5 Å². The summed E-state index contributed by atoms with van der Waals surface area (Å²) in [7, 11) is 2.29. The summed E-state index contributed by atoms with van der Waals surface area (Å²) in [6.07, 6.45) is 5.33. The van der Waals surface area contributed by atoms with Crippen molar-refractivity contribution in [1.29, 1.82) is 0 Å². The van der Waals surface area contributed by atoms with Gasteiger partial charge < -0.3 is 15.0 Å². The predicted molar refractivity (Wildman–Crippen MR) is 75.8 cm³/mol. The Kier molecular flexibility index (Phi) is 5.05. The maximum absolute atomic E-state index is 5.78. The van der Waals surface area contributed by atoms with E-state index < -0.39 is 0 Å². The highest BCUT2D eigenvalue weighted by molar-refractivity contribution is 4.91. The first-order valence-electron chi connectivity index (χ1n) is 7.60. The second-order valence-corrected chi connectivity index (χ2v) is 6.83. The Morgan fingerprint density at radius 3 is 2.72 bits per heavy atom. The van der Waals surface area contributed by atoms with Crippen LogP contribution in [0.3, 0.4) is 0 Å². The molecule has 1 aliphatic carbocycles. The van der Waals surface area contributed by atoms with Crippen LogP contribution in [0.5, 0.6) is 0 Å². The van der Waals surface area contributed by atoms with Gasteiger partial charge in [-0.05, 0) is 45.2 Å². The molecule has 1 saturated heterocycles. The number of nitrogens with zero attached hydrogens (tertiary/aromatic N) is 1. The first-order chi connectivity index (χ1) is 8.61. The van der Waals surface area contributed by atoms with Crippen LogP contribution in [0.15, 0.2) is 0 Å². The zero-order valence-corrected chi connectivity index (χ0v) is 12.4. The molecule has 0 bridgehead atoms. The van der Waals surface area contributed by atoms with E-state index in [9.17, 15) is 0 Å². The van der Waals surface area contributed by atoms with E-state index in [1.165, 1.54) is 32.2 Å². The van der Waals surface area contributed by atoms with E-state index >= 15 is 0 Å². The molecule has 1 atom stereocenters. The average Bonchev–Trinajstić information content (AvgIpc) is 3.13. The molecule has 18 heavy (non-hydrogen) atoms. The summed E-state index contributed by atoms with van der Waals surface area (Å²) < 4.78 is 5.78. The summed E-state index contributed by atoms with van der Waals surface area (Å²) in [4.78, 5) is 2.56. The third-order valence-corrected chi connectivity index (χ3v) is 4.21. The molecule has 3 heteroatoms. The first kappa shape index (κ1) is 14.3. The van der Waals surface area contributed by atoms with Crippen molar-refractivity contribution < 1.29 is 4.74 Å². The Balaban J connectivity index is 1.84. The summed E-state index contributed by atoms with van der Waals surface area (Å²) >= 11 is 0. The van der Waals surface area contributed by atoms with Gasteiger partial charge in [-0.15, -0.1) is 0 Å². The number of hydrogen-bond acceptors (Lipinski definition) is 3. The maximum Gasteiger partial charge on any atom is 0.0546 e. The Hall–Kier alpha value is -0.120. The van der Waals surface area contributed by atoms with Crippen molar-refractivity contribution >= 4 is 0 Å². The van der Waals surface area contributed by atoms with E-state index in [0.717, 1.165) is 38.3 Å². The lowest BCUT2D eigenvalue weighted by atomic mass is 9.81. The van der Waals surface area contributed by atoms with Crippen LogP contribution < -0.4 is 5.32 Å². The van der Waals surface area contributed by atoms with Crippen LogP contribution in [0.4, 0.5) is 0 Å². The lowest BCUT2D eigenvalue weighted by molar-refractivity contribution is -0.0239. The minimum Gasteiger partial charge on any atom is -0.381 e. The molecule has 1 N–H and O–H groups in total. The molecule has 2 rings (SSSR count). The Bertz CT molecular complexity index is 245. The lowest BCUT2D eigenvalue weighted by Gasteiger charge is -2.40. The molecule has 1 unspecified atom stereocenters. The second kappa shape index (κ2) is 6.36. The fraction of sp³-hybridized carbons (Fsp3) is 1.00. The minimum atomic E-state index is 0.352. The molecular weight excluding hydrogens is 224 g/mol. The molecule has 0 amide bonds. The van der Waals surface area contributed by atoms with Crippen LogP contribution in [0.1, 0.15) is 39.5 Å². The van der Waals surface area contributed by atoms with Crippen molar-refractivity contribution in [1.82, 2.24) is 10.2 Å². The normalized spacial score (nSPS) is 29.2. The van der Waals surface area contributed by atoms with Gasteiger partial charge in [0.05, 0.1) is 6.61 Å². The van der Waals surface area contributed by atoms with Crippen LogP contribution in [0.2, 0.25) is 0 Å². The second-order valence-electron chi connectivity index (χ2n) is 6.83. The Morgan fingerprint density at radius 1 is 1.39 bits per heavy atom. The maximum atomic E-state index is 5.78. The van der Waals surface area contributed by atoms with Crippen molar-refractivity contribution in [2.45, 2.75) is 45.6 Å². The summed E-state index contributed by atoms with van der Waals surface area (Å²) in [5.74, 6) is 0.729. The van der Waals surface area contributed by atoms with Gasteiger partial charge in [0.1, 0.15) is 0 Å². The van der Waals surface area contributed by atoms with Gasteiger partial charge in [-0.2, -0.15) is 0 Å². The fourth-order valence-corrected chi connectivity index (χ4v) is 3.03. The summed E-state index contributed by atoms with van der Waals surface area (Å²) in [5.41, 5.74) is 0.352. The molecule has 0 aromatic carbocycles. The van der Waals surface area contributed by atoms with Gasteiger partial charge in [-0.25, -0.2) is 0 Å². The molecular formula is C15H30N2O. The van der Waals surface area contributed by atoms with Crippen molar-refractivity contribution in [3.05, 3.63) is 0 Å². The van der Waals surface area contributed by atoms with Crippen molar-refractivity contribution in [3.8, 4) is 0 Å². The van der Waals surface area contributed by atoms with Gasteiger partial charge in [0.2, 0.25) is 0 Å². The zero-order valence-electron chi connectivity index (χ0n) is 12.4. The van der Waals surface area contributed by atoms with Crippen molar-refractivity contribution in [3.63, 3.8) is 0 Å². The highest BCUT2D eigenvalue weighted by Crippen LogP contribution is 2.33. The van der Waals surface area contributed by atoms with Crippen LogP contribution in [-0.4, -0.2) is 50.8 Å². The van der Waals surface area contributed by atoms with Crippen LogP contribution in [0.25, 0.3) is 0 Å². The highest BCUT2D eigenvalue weighted by Gasteiger charge is 2.37. The molecule has 0 radical (unpaired) electrons. The van der Waals surface area contributed by atoms with Crippen molar-refractivity contribution in [2.75, 3.05) is 39.9 Å². The molecule has 1 saturated carbocycles. The largest absolute Gasteiger partial charge is 0.381 e. The quantitative estimate of drug-likeness (QED) is 0.753. The molecule has 1 heterocycles. The lowest BCUT2D eigenvalue weighted by Crippen LogP contribution is -2.49. The number of hydrogen-bond donors (Lipinski definition) is 1. The molecule has 3 nitrogen and oxygen atoms in total. The van der Waals surface area contributed by atoms with Crippen LogP contribution in [0, 0.1) is 11.3 Å². The Morgan fingerprint density at radius 2 is 2.17 bits per heavy atom. The number of nitrogens with one attached hydrogen (secondary N) is 1. The third-order valence-electron chi connectivity index (χ3n) is 4.21. The zero-order chi connectivity index (χ0) is 13.0. The summed E-state index contributed by atoms with van der Waals surface area (Å²) in [5, 5.41) is 3.65. The summed E-state index contributed by atoms with van der Waals surface area (Å²) in [6, 6.07) is 0.855. The SMILES string of the molecule is CC(C)CNCC1(CN(C)C2CC2)CCCOC1. The number of rotatable bonds is 7. The smallest absolute Gasteiger partial charge is 0.0546 e. The molecule has 0 aromatic rings. The van der Waals surface area contributed by atoms with E-state index in [1.807, 2.05) is 0 Å². The Labute approximate surface area is 112 Å². The van der Waals surface area contributed by atoms with Gasteiger partial charge in [0, 0.05) is 31.2 Å². The molecule has 0 aromatic heterocycles.